The number of rotatable bonds is 11. The Balaban J connectivity index is 2.09. The number of aliphatic hydroxyl groups excluding tert-OH is 6. The lowest BCUT2D eigenvalue weighted by atomic mass is 9.97. The van der Waals surface area contributed by atoms with E-state index in [9.17, 15) is 30.6 Å². The van der Waals surface area contributed by atoms with Crippen LogP contribution in [0.15, 0.2) is 0 Å². The van der Waals surface area contributed by atoms with Gasteiger partial charge in [0.1, 0.15) is 61.5 Å². The monoisotopic (exact) mass is 486 g/mol. The average Bonchev–Trinajstić information content (AvgIpc) is 2.74. The molecule has 0 saturated carbocycles. The number of aliphatic hydroxyl groups is 6. The zero-order valence-electron chi connectivity index (χ0n) is 19.8. The maximum Gasteiger partial charge on any atom is 0.187 e. The van der Waals surface area contributed by atoms with Crippen molar-refractivity contribution in [2.75, 3.05) is 61.7 Å². The molecule has 2 saturated heterocycles. The van der Waals surface area contributed by atoms with E-state index in [1.807, 2.05) is 21.1 Å². The molecule has 0 spiro atoms. The van der Waals surface area contributed by atoms with E-state index in [1.54, 1.807) is 0 Å². The quantitative estimate of drug-likeness (QED) is 0.156. The Morgan fingerprint density at radius 1 is 0.818 bits per heavy atom. The molecule has 33 heavy (non-hydrogen) atoms. The molecule has 0 aliphatic carbocycles. The number of nitrogens with zero attached hydrogens (tertiary/aromatic N) is 1. The van der Waals surface area contributed by atoms with Crippen LogP contribution in [0, 0.1) is 0 Å². The topological polar surface area (TPSA) is 177 Å². The molecule has 2 heterocycles. The minimum Gasteiger partial charge on any atom is -0.394 e. The summed E-state index contributed by atoms with van der Waals surface area (Å²) in [5.74, 6) is 0. The molecule has 0 aromatic heterocycles. The SMILES string of the molecule is CO[C@H]1OC(COCC(O)C[N+](C)(C)C)[C@@H](O[C@H]2OC(CO)[C@H](OC)[C@@H](O)C2O)[C@@H](O)C1O. The van der Waals surface area contributed by atoms with Crippen LogP contribution >= 0.6 is 0 Å². The molecular weight excluding hydrogens is 446 g/mol. The molecule has 0 bridgehead atoms. The van der Waals surface area contributed by atoms with Crippen LogP contribution in [0.5, 0.6) is 0 Å². The van der Waals surface area contributed by atoms with E-state index in [4.69, 9.17) is 28.4 Å². The summed E-state index contributed by atoms with van der Waals surface area (Å²) in [4.78, 5) is 0. The van der Waals surface area contributed by atoms with Crippen LogP contribution in [0.2, 0.25) is 0 Å². The van der Waals surface area contributed by atoms with Crippen LogP contribution in [0.3, 0.4) is 0 Å². The molecule has 0 aromatic carbocycles. The van der Waals surface area contributed by atoms with Gasteiger partial charge in [-0.2, -0.15) is 0 Å². The molecule has 5 unspecified atom stereocenters. The highest BCUT2D eigenvalue weighted by Crippen LogP contribution is 2.30. The van der Waals surface area contributed by atoms with Gasteiger partial charge in [0.05, 0.1) is 41.0 Å². The first-order valence-electron chi connectivity index (χ1n) is 10.8. The Bertz CT molecular complexity index is 576. The third kappa shape index (κ3) is 7.48. The standard InChI is InChI=1S/C20H40NO12/c1-21(2,3)6-10(23)8-30-9-12-18(14(25)15(26)19(29-5)32-12)33-20-16(27)13(24)17(28-4)11(7-22)31-20/h10-20,22-27H,6-9H2,1-5H3/q+1/t10?,11?,12?,13-,14-,15?,16?,17-,18+,19-,20+/m0/s1. The summed E-state index contributed by atoms with van der Waals surface area (Å²) in [6, 6.07) is 0. The van der Waals surface area contributed by atoms with E-state index in [0.717, 1.165) is 0 Å². The fourth-order valence-corrected chi connectivity index (χ4v) is 4.02. The van der Waals surface area contributed by atoms with Crippen molar-refractivity contribution in [2.24, 2.45) is 0 Å². The predicted molar refractivity (Wildman–Crippen MR) is 111 cm³/mol. The molecule has 0 aromatic rings. The molecule has 2 aliphatic heterocycles. The molecule has 6 N–H and O–H groups in total. The minimum atomic E-state index is -1.57. The summed E-state index contributed by atoms with van der Waals surface area (Å²) in [5, 5.41) is 61.5. The van der Waals surface area contributed by atoms with Gasteiger partial charge in [0, 0.05) is 14.2 Å². The number of methoxy groups -OCH3 is 2. The molecule has 13 heteroatoms. The lowest BCUT2D eigenvalue weighted by molar-refractivity contribution is -0.873. The Morgan fingerprint density at radius 2 is 1.39 bits per heavy atom. The van der Waals surface area contributed by atoms with Gasteiger partial charge in [-0.15, -0.1) is 0 Å². The van der Waals surface area contributed by atoms with Crippen molar-refractivity contribution in [1.82, 2.24) is 0 Å². The number of likely N-dealkylation sites (N-methyl/N-ethyl adjacent to an activating group) is 1. The van der Waals surface area contributed by atoms with Gasteiger partial charge in [-0.05, 0) is 0 Å². The normalized spacial score (nSPS) is 41.2. The van der Waals surface area contributed by atoms with Crippen LogP contribution in [0.1, 0.15) is 0 Å². The minimum absolute atomic E-state index is 0.0121. The number of hydrogen-bond donors (Lipinski definition) is 6. The second-order valence-corrected chi connectivity index (χ2v) is 9.43. The molecule has 2 fully saturated rings. The molecule has 13 nitrogen and oxygen atoms in total. The maximum atomic E-state index is 10.7. The van der Waals surface area contributed by atoms with Crippen LogP contribution < -0.4 is 0 Å². The molecule has 11 atom stereocenters. The van der Waals surface area contributed by atoms with E-state index in [-0.39, 0.29) is 13.2 Å². The van der Waals surface area contributed by atoms with Crippen molar-refractivity contribution in [2.45, 2.75) is 67.5 Å². The van der Waals surface area contributed by atoms with Crippen molar-refractivity contribution in [1.29, 1.82) is 0 Å². The van der Waals surface area contributed by atoms with Crippen molar-refractivity contribution in [3.8, 4) is 0 Å². The van der Waals surface area contributed by atoms with Gasteiger partial charge in [0.2, 0.25) is 0 Å². The smallest absolute Gasteiger partial charge is 0.187 e. The number of quaternary nitrogens is 1. The summed E-state index contributed by atoms with van der Waals surface area (Å²) in [6.07, 6.45) is -13.6. The first-order chi connectivity index (χ1) is 15.4. The second-order valence-electron chi connectivity index (χ2n) is 9.43. The molecule has 0 amide bonds. The summed E-state index contributed by atoms with van der Waals surface area (Å²) < 4.78 is 33.2. The van der Waals surface area contributed by atoms with Crippen LogP contribution in [-0.2, 0) is 28.4 Å². The van der Waals surface area contributed by atoms with Gasteiger partial charge in [-0.1, -0.05) is 0 Å². The summed E-state index contributed by atoms with van der Waals surface area (Å²) in [5.41, 5.74) is 0. The van der Waals surface area contributed by atoms with E-state index in [1.165, 1.54) is 14.2 Å². The molecule has 2 aliphatic rings. The largest absolute Gasteiger partial charge is 0.394 e. The zero-order valence-corrected chi connectivity index (χ0v) is 19.8. The van der Waals surface area contributed by atoms with Crippen LogP contribution in [0.25, 0.3) is 0 Å². The van der Waals surface area contributed by atoms with E-state index < -0.39 is 74.1 Å². The summed E-state index contributed by atoms with van der Waals surface area (Å²) >= 11 is 0. The predicted octanol–water partition coefficient (Wildman–Crippen LogP) is -4.00. The third-order valence-corrected chi connectivity index (χ3v) is 5.61. The second kappa shape index (κ2) is 12.4. The van der Waals surface area contributed by atoms with Gasteiger partial charge >= 0.3 is 0 Å². The van der Waals surface area contributed by atoms with Gasteiger partial charge in [-0.25, -0.2) is 0 Å². The van der Waals surface area contributed by atoms with Crippen molar-refractivity contribution in [3.05, 3.63) is 0 Å². The lowest BCUT2D eigenvalue weighted by Crippen LogP contribution is -2.65. The van der Waals surface area contributed by atoms with Crippen LogP contribution in [-0.4, -0.2) is 164 Å². The van der Waals surface area contributed by atoms with Gasteiger partial charge in [-0.3, -0.25) is 0 Å². The lowest BCUT2D eigenvalue weighted by Gasteiger charge is -2.46. The Labute approximate surface area is 193 Å². The van der Waals surface area contributed by atoms with Crippen LogP contribution in [0.4, 0.5) is 0 Å². The fraction of sp³-hybridized carbons (Fsp3) is 1.00. The highest BCUT2D eigenvalue weighted by atomic mass is 16.7. The Morgan fingerprint density at radius 3 is 1.94 bits per heavy atom. The third-order valence-electron chi connectivity index (χ3n) is 5.61. The summed E-state index contributed by atoms with van der Waals surface area (Å²) in [6.45, 7) is -0.229. The first kappa shape index (κ1) is 28.7. The fourth-order valence-electron chi connectivity index (χ4n) is 4.02. The average molecular weight is 487 g/mol. The van der Waals surface area contributed by atoms with E-state index in [2.05, 4.69) is 0 Å². The van der Waals surface area contributed by atoms with Gasteiger partial charge in [0.25, 0.3) is 0 Å². The van der Waals surface area contributed by atoms with Crippen molar-refractivity contribution >= 4 is 0 Å². The summed E-state index contributed by atoms with van der Waals surface area (Å²) in [7, 11) is 8.38. The highest BCUT2D eigenvalue weighted by Gasteiger charge is 2.51. The molecule has 196 valence electrons. The van der Waals surface area contributed by atoms with Crippen molar-refractivity contribution < 1.29 is 63.5 Å². The van der Waals surface area contributed by atoms with Gasteiger partial charge < -0.3 is 63.5 Å². The number of hydrogen-bond acceptors (Lipinski definition) is 12. The van der Waals surface area contributed by atoms with E-state index >= 15 is 0 Å². The Hall–Kier alpha value is -0.520. The molecule has 2 rings (SSSR count). The number of ether oxygens (including phenoxy) is 6. The zero-order chi connectivity index (χ0) is 24.9. The molecular formula is C20H40NO12+. The maximum absolute atomic E-state index is 10.7. The molecule has 0 radical (unpaired) electrons. The van der Waals surface area contributed by atoms with E-state index in [0.29, 0.717) is 11.0 Å². The first-order valence-corrected chi connectivity index (χ1v) is 10.8. The van der Waals surface area contributed by atoms with Gasteiger partial charge in [0.15, 0.2) is 12.6 Å². The van der Waals surface area contributed by atoms with Crippen molar-refractivity contribution in [3.63, 3.8) is 0 Å². The highest BCUT2D eigenvalue weighted by molar-refractivity contribution is 4.94. The Kier molecular flexibility index (Phi) is 10.8.